The van der Waals surface area contributed by atoms with E-state index in [1.165, 1.54) is 25.7 Å². The van der Waals surface area contributed by atoms with E-state index in [-0.39, 0.29) is 17.7 Å². The Morgan fingerprint density at radius 3 is 2.24 bits per heavy atom. The predicted molar refractivity (Wildman–Crippen MR) is 73.1 cm³/mol. The van der Waals surface area contributed by atoms with E-state index in [9.17, 15) is 0 Å². The zero-order valence-corrected chi connectivity index (χ0v) is 12.2. The number of rotatable bonds is 5. The summed E-state index contributed by atoms with van der Waals surface area (Å²) in [5, 5.41) is 0. The third-order valence-corrected chi connectivity index (χ3v) is 4.33. The van der Waals surface area contributed by atoms with E-state index in [0.717, 1.165) is 5.92 Å². The summed E-state index contributed by atoms with van der Waals surface area (Å²) in [4.78, 5) is 2.33. The lowest BCUT2D eigenvalue weighted by molar-refractivity contribution is -0.00375. The van der Waals surface area contributed by atoms with E-state index in [1.807, 2.05) is 0 Å². The van der Waals surface area contributed by atoms with Gasteiger partial charge in [-0.1, -0.05) is 6.92 Å². The summed E-state index contributed by atoms with van der Waals surface area (Å²) < 4.78 is 5.71. The molecule has 0 aromatic carbocycles. The zero-order chi connectivity index (χ0) is 13.1. The van der Waals surface area contributed by atoms with Gasteiger partial charge in [0.2, 0.25) is 0 Å². The lowest BCUT2D eigenvalue weighted by atomic mass is 9.72. The molecule has 17 heavy (non-hydrogen) atoms. The molecule has 3 nitrogen and oxygen atoms in total. The number of nitrogens with zero attached hydrogens (tertiary/aromatic N) is 1. The summed E-state index contributed by atoms with van der Waals surface area (Å²) in [6.07, 6.45) is 5.23. The van der Waals surface area contributed by atoms with Gasteiger partial charge in [0.1, 0.15) is 0 Å². The van der Waals surface area contributed by atoms with Crippen molar-refractivity contribution >= 4 is 0 Å². The highest BCUT2D eigenvalue weighted by Gasteiger charge is 2.41. The topological polar surface area (TPSA) is 38.5 Å². The first-order valence-electron chi connectivity index (χ1n) is 6.93. The molecule has 0 radical (unpaired) electrons. The fourth-order valence-electron chi connectivity index (χ4n) is 2.86. The number of hydrogen-bond donors (Lipinski definition) is 1. The van der Waals surface area contributed by atoms with Crippen LogP contribution in [-0.2, 0) is 4.74 Å². The van der Waals surface area contributed by atoms with Crippen LogP contribution < -0.4 is 5.73 Å². The Morgan fingerprint density at radius 1 is 1.29 bits per heavy atom. The third-order valence-electron chi connectivity index (χ3n) is 4.33. The molecule has 1 aliphatic carbocycles. The van der Waals surface area contributed by atoms with Crippen LogP contribution >= 0.6 is 0 Å². The molecule has 1 rings (SSSR count). The van der Waals surface area contributed by atoms with E-state index in [1.54, 1.807) is 0 Å². The van der Waals surface area contributed by atoms with Gasteiger partial charge < -0.3 is 15.4 Å². The summed E-state index contributed by atoms with van der Waals surface area (Å²) in [5.41, 5.74) is 6.55. The second-order valence-electron chi connectivity index (χ2n) is 6.17. The SMILES string of the molecule is CC1CCC(C(N)COC(C)C)(N(C)C)CC1. The monoisotopic (exact) mass is 242 g/mol. The summed E-state index contributed by atoms with van der Waals surface area (Å²) in [7, 11) is 4.32. The normalized spacial score (nSPS) is 32.1. The van der Waals surface area contributed by atoms with Crippen LogP contribution in [0, 0.1) is 5.92 Å². The van der Waals surface area contributed by atoms with Crippen molar-refractivity contribution in [1.29, 1.82) is 0 Å². The van der Waals surface area contributed by atoms with Crippen molar-refractivity contribution in [2.24, 2.45) is 11.7 Å². The van der Waals surface area contributed by atoms with Crippen molar-refractivity contribution in [3.05, 3.63) is 0 Å². The molecular weight excluding hydrogens is 212 g/mol. The van der Waals surface area contributed by atoms with Crippen LogP contribution in [0.15, 0.2) is 0 Å². The molecule has 2 N–H and O–H groups in total. The van der Waals surface area contributed by atoms with Crippen LogP contribution in [-0.4, -0.2) is 43.3 Å². The minimum atomic E-state index is 0.118. The van der Waals surface area contributed by atoms with Crippen molar-refractivity contribution in [2.45, 2.75) is 64.1 Å². The molecule has 0 aromatic rings. The second-order valence-corrected chi connectivity index (χ2v) is 6.17. The summed E-state index contributed by atoms with van der Waals surface area (Å²) >= 11 is 0. The smallest absolute Gasteiger partial charge is 0.0639 e. The van der Waals surface area contributed by atoms with Crippen molar-refractivity contribution in [2.75, 3.05) is 20.7 Å². The first-order valence-corrected chi connectivity index (χ1v) is 6.93. The van der Waals surface area contributed by atoms with Gasteiger partial charge in [-0.25, -0.2) is 0 Å². The standard InChI is InChI=1S/C14H30N2O/c1-11(2)17-10-13(15)14(16(4)5)8-6-12(3)7-9-14/h11-13H,6-10,15H2,1-5H3. The van der Waals surface area contributed by atoms with E-state index in [0.29, 0.717) is 6.61 Å². The van der Waals surface area contributed by atoms with Crippen molar-refractivity contribution in [3.63, 3.8) is 0 Å². The van der Waals surface area contributed by atoms with Crippen LogP contribution in [0.25, 0.3) is 0 Å². The maximum Gasteiger partial charge on any atom is 0.0639 e. The van der Waals surface area contributed by atoms with Crippen LogP contribution in [0.5, 0.6) is 0 Å². The molecule has 0 aromatic heterocycles. The highest BCUT2D eigenvalue weighted by atomic mass is 16.5. The van der Waals surface area contributed by atoms with Crippen LogP contribution in [0.2, 0.25) is 0 Å². The van der Waals surface area contributed by atoms with Crippen LogP contribution in [0.3, 0.4) is 0 Å². The molecule has 0 spiro atoms. The molecule has 102 valence electrons. The maximum absolute atomic E-state index is 6.41. The summed E-state index contributed by atoms with van der Waals surface area (Å²) in [6.45, 7) is 7.15. The van der Waals surface area contributed by atoms with Gasteiger partial charge in [0, 0.05) is 11.6 Å². The Balaban J connectivity index is 2.64. The van der Waals surface area contributed by atoms with E-state index >= 15 is 0 Å². The second kappa shape index (κ2) is 6.17. The first kappa shape index (κ1) is 14.9. The van der Waals surface area contributed by atoms with Gasteiger partial charge in [0.15, 0.2) is 0 Å². The summed E-state index contributed by atoms with van der Waals surface area (Å²) in [5.74, 6) is 0.848. The van der Waals surface area contributed by atoms with Gasteiger partial charge in [-0.3, -0.25) is 0 Å². The maximum atomic E-state index is 6.41. The predicted octanol–water partition coefficient (Wildman–Crippen LogP) is 2.25. The molecule has 1 aliphatic rings. The summed E-state index contributed by atoms with van der Waals surface area (Å²) in [6, 6.07) is 0.118. The number of hydrogen-bond acceptors (Lipinski definition) is 3. The Bertz CT molecular complexity index is 220. The fraction of sp³-hybridized carbons (Fsp3) is 1.00. The fourth-order valence-corrected chi connectivity index (χ4v) is 2.86. The van der Waals surface area contributed by atoms with Gasteiger partial charge in [-0.15, -0.1) is 0 Å². The molecule has 1 atom stereocenters. The lowest BCUT2D eigenvalue weighted by Crippen LogP contribution is -2.60. The van der Waals surface area contributed by atoms with E-state index < -0.39 is 0 Å². The first-order chi connectivity index (χ1) is 7.88. The van der Waals surface area contributed by atoms with Crippen molar-refractivity contribution < 1.29 is 4.74 Å². The largest absolute Gasteiger partial charge is 0.377 e. The minimum absolute atomic E-state index is 0.118. The van der Waals surface area contributed by atoms with Crippen LogP contribution in [0.4, 0.5) is 0 Å². The molecular formula is C14H30N2O. The van der Waals surface area contributed by atoms with Gasteiger partial charge >= 0.3 is 0 Å². The molecule has 1 fully saturated rings. The molecule has 0 amide bonds. The lowest BCUT2D eigenvalue weighted by Gasteiger charge is -2.48. The molecule has 1 saturated carbocycles. The molecule has 3 heteroatoms. The molecule has 0 aliphatic heterocycles. The van der Waals surface area contributed by atoms with Gasteiger partial charge in [-0.2, -0.15) is 0 Å². The Hall–Kier alpha value is -0.120. The number of nitrogens with two attached hydrogens (primary N) is 1. The Labute approximate surface area is 107 Å². The van der Waals surface area contributed by atoms with Crippen molar-refractivity contribution in [1.82, 2.24) is 4.90 Å². The Kier molecular flexibility index (Phi) is 5.42. The van der Waals surface area contributed by atoms with Gasteiger partial charge in [-0.05, 0) is 59.5 Å². The minimum Gasteiger partial charge on any atom is -0.377 e. The quantitative estimate of drug-likeness (QED) is 0.803. The molecule has 1 unspecified atom stereocenters. The van der Waals surface area contributed by atoms with Gasteiger partial charge in [0.05, 0.1) is 12.7 Å². The van der Waals surface area contributed by atoms with Crippen LogP contribution in [0.1, 0.15) is 46.5 Å². The highest BCUT2D eigenvalue weighted by molar-refractivity contribution is 5.00. The molecule has 0 bridgehead atoms. The molecule has 0 saturated heterocycles. The van der Waals surface area contributed by atoms with E-state index in [4.69, 9.17) is 10.5 Å². The Morgan fingerprint density at radius 2 is 1.82 bits per heavy atom. The molecule has 0 heterocycles. The van der Waals surface area contributed by atoms with Crippen molar-refractivity contribution in [3.8, 4) is 0 Å². The average molecular weight is 242 g/mol. The average Bonchev–Trinajstić information content (AvgIpc) is 2.26. The highest BCUT2D eigenvalue weighted by Crippen LogP contribution is 2.37. The third kappa shape index (κ3) is 3.67. The van der Waals surface area contributed by atoms with Gasteiger partial charge in [0.25, 0.3) is 0 Å². The van der Waals surface area contributed by atoms with E-state index in [2.05, 4.69) is 39.8 Å². The number of ether oxygens (including phenoxy) is 1. The zero-order valence-electron chi connectivity index (χ0n) is 12.2. The number of likely N-dealkylation sites (N-methyl/N-ethyl adjacent to an activating group) is 1.